The quantitative estimate of drug-likeness (QED) is 0.612. The Balaban J connectivity index is 3.62. The van der Waals surface area contributed by atoms with Crippen molar-refractivity contribution in [2.75, 3.05) is 0 Å². The van der Waals surface area contributed by atoms with Gasteiger partial charge >= 0.3 is 0 Å². The number of nitrogens with zero attached hydrogens (tertiary/aromatic N) is 1. The summed E-state index contributed by atoms with van der Waals surface area (Å²) >= 11 is 8.19. The Labute approximate surface area is 102 Å². The van der Waals surface area contributed by atoms with Crippen molar-refractivity contribution in [3.05, 3.63) is 21.3 Å². The van der Waals surface area contributed by atoms with Gasteiger partial charge in [0, 0.05) is 15.2 Å². The number of hydrogen-bond donors (Lipinski definition) is 0. The van der Waals surface area contributed by atoms with E-state index in [4.69, 9.17) is 22.3 Å². The molecule has 1 rings (SSSR count). The molecule has 0 bridgehead atoms. The van der Waals surface area contributed by atoms with Gasteiger partial charge in [-0.3, -0.25) is 0 Å². The van der Waals surface area contributed by atoms with Crippen LogP contribution in [0.5, 0.6) is 0 Å². The molecule has 0 saturated heterocycles. The van der Waals surface area contributed by atoms with E-state index in [0.29, 0.717) is 0 Å². The Morgan fingerprint density at radius 2 is 2.00 bits per heavy atom. The van der Waals surface area contributed by atoms with Crippen LogP contribution in [0.4, 0.5) is 8.78 Å². The molecule has 0 aliphatic heterocycles. The van der Waals surface area contributed by atoms with Crippen LogP contribution in [0.3, 0.4) is 0 Å². The maximum Gasteiger partial charge on any atom is 0.279 e. The van der Waals surface area contributed by atoms with Gasteiger partial charge in [-0.25, -0.2) is 22.2 Å². The highest BCUT2D eigenvalue weighted by molar-refractivity contribution is 9.10. The molecular weight excluding hydrogens is 339 g/mol. The summed E-state index contributed by atoms with van der Waals surface area (Å²) in [6.07, 6.45) is -3.02. The highest BCUT2D eigenvalue weighted by Crippen LogP contribution is 2.34. The Hall–Kier alpha value is 0.0200. The van der Waals surface area contributed by atoms with Crippen LogP contribution in [-0.2, 0) is 9.05 Å². The summed E-state index contributed by atoms with van der Waals surface area (Å²) in [7, 11) is 0.592. The molecule has 0 N–H and O–H groups in total. The molecule has 0 aliphatic rings. The van der Waals surface area contributed by atoms with Crippen molar-refractivity contribution < 1.29 is 17.2 Å². The summed E-state index contributed by atoms with van der Waals surface area (Å²) in [4.78, 5) is 3.26. The third-order valence-corrected chi connectivity index (χ3v) is 3.45. The van der Waals surface area contributed by atoms with Gasteiger partial charge in [-0.2, -0.15) is 0 Å². The van der Waals surface area contributed by atoms with Gasteiger partial charge in [0.2, 0.25) is 0 Å². The molecule has 0 saturated carbocycles. The van der Waals surface area contributed by atoms with E-state index < -0.39 is 26.1 Å². The standard InChI is InChI=1S/C6H2BrCl2F2NO2S/c7-2-1-3(8)12-6(15(9,13)14)4(2)5(10)11/h1,5H. The minimum atomic E-state index is -4.36. The molecule has 9 heteroatoms. The van der Waals surface area contributed by atoms with E-state index in [1.54, 1.807) is 0 Å². The van der Waals surface area contributed by atoms with Crippen molar-refractivity contribution in [2.45, 2.75) is 11.5 Å². The SMILES string of the molecule is O=S(=O)(Cl)c1nc(Cl)cc(Br)c1C(F)F. The molecule has 1 heterocycles. The third kappa shape index (κ3) is 2.99. The minimum Gasteiger partial charge on any atom is -0.223 e. The first-order valence-electron chi connectivity index (χ1n) is 3.32. The lowest BCUT2D eigenvalue weighted by atomic mass is 10.3. The van der Waals surface area contributed by atoms with Crippen LogP contribution in [-0.4, -0.2) is 13.4 Å². The topological polar surface area (TPSA) is 47.0 Å². The molecule has 84 valence electrons. The molecule has 1 aromatic rings. The van der Waals surface area contributed by atoms with Crippen molar-refractivity contribution in [3.63, 3.8) is 0 Å². The van der Waals surface area contributed by atoms with Crippen LogP contribution in [0, 0.1) is 0 Å². The Morgan fingerprint density at radius 3 is 2.40 bits per heavy atom. The molecule has 3 nitrogen and oxygen atoms in total. The number of pyridine rings is 1. The van der Waals surface area contributed by atoms with Crippen LogP contribution < -0.4 is 0 Å². The molecule has 15 heavy (non-hydrogen) atoms. The summed E-state index contributed by atoms with van der Waals surface area (Å²) < 4.78 is 46.8. The molecule has 0 fully saturated rings. The van der Waals surface area contributed by atoms with E-state index in [2.05, 4.69) is 20.9 Å². The lowest BCUT2D eigenvalue weighted by Crippen LogP contribution is -2.03. The number of rotatable bonds is 2. The van der Waals surface area contributed by atoms with Crippen molar-refractivity contribution in [1.82, 2.24) is 4.98 Å². The first-order valence-corrected chi connectivity index (χ1v) is 6.80. The van der Waals surface area contributed by atoms with Gasteiger partial charge in [0.25, 0.3) is 15.5 Å². The minimum absolute atomic E-state index is 0.156. The van der Waals surface area contributed by atoms with E-state index in [9.17, 15) is 17.2 Å². The van der Waals surface area contributed by atoms with Crippen LogP contribution in [0.2, 0.25) is 5.15 Å². The number of halogens is 5. The van der Waals surface area contributed by atoms with E-state index in [0.717, 1.165) is 6.07 Å². The van der Waals surface area contributed by atoms with Crippen LogP contribution in [0.1, 0.15) is 12.0 Å². The monoisotopic (exact) mass is 339 g/mol. The van der Waals surface area contributed by atoms with Gasteiger partial charge in [-0.1, -0.05) is 27.5 Å². The smallest absolute Gasteiger partial charge is 0.223 e. The predicted molar refractivity (Wildman–Crippen MR) is 54.9 cm³/mol. The van der Waals surface area contributed by atoms with Crippen LogP contribution in [0.25, 0.3) is 0 Å². The number of hydrogen-bond acceptors (Lipinski definition) is 3. The van der Waals surface area contributed by atoms with Crippen LogP contribution in [0.15, 0.2) is 15.6 Å². The molecule has 0 aliphatic carbocycles. The van der Waals surface area contributed by atoms with E-state index in [1.807, 2.05) is 0 Å². The maximum atomic E-state index is 12.5. The summed E-state index contributed by atoms with van der Waals surface area (Å²) in [6.45, 7) is 0. The Kier molecular flexibility index (Phi) is 3.91. The van der Waals surface area contributed by atoms with Gasteiger partial charge < -0.3 is 0 Å². The predicted octanol–water partition coefficient (Wildman–Crippen LogP) is 3.36. The zero-order valence-electron chi connectivity index (χ0n) is 6.72. The van der Waals surface area contributed by atoms with Crippen molar-refractivity contribution in [2.24, 2.45) is 0 Å². The van der Waals surface area contributed by atoms with Crippen molar-refractivity contribution in [1.29, 1.82) is 0 Å². The lowest BCUT2D eigenvalue weighted by Gasteiger charge is -2.07. The average Bonchev–Trinajstić information content (AvgIpc) is 1.99. The summed E-state index contributed by atoms with van der Waals surface area (Å²) in [5, 5.41) is -1.18. The number of alkyl halides is 2. The van der Waals surface area contributed by atoms with Crippen molar-refractivity contribution in [3.8, 4) is 0 Å². The van der Waals surface area contributed by atoms with E-state index in [-0.39, 0.29) is 9.63 Å². The molecular formula is C6H2BrCl2F2NO2S. The molecule has 0 spiro atoms. The van der Waals surface area contributed by atoms with Gasteiger partial charge in [0.05, 0.1) is 5.56 Å². The van der Waals surface area contributed by atoms with E-state index in [1.165, 1.54) is 0 Å². The summed E-state index contributed by atoms with van der Waals surface area (Å²) in [5.41, 5.74) is -0.797. The molecule has 0 atom stereocenters. The second kappa shape index (κ2) is 4.48. The first-order chi connectivity index (χ1) is 6.73. The largest absolute Gasteiger partial charge is 0.279 e. The van der Waals surface area contributed by atoms with Gasteiger partial charge in [0.1, 0.15) is 5.15 Å². The fourth-order valence-corrected chi connectivity index (χ4v) is 2.96. The fourth-order valence-electron chi connectivity index (χ4n) is 0.857. The van der Waals surface area contributed by atoms with Gasteiger partial charge in [0.15, 0.2) is 5.03 Å². The first kappa shape index (κ1) is 13.1. The van der Waals surface area contributed by atoms with Crippen LogP contribution >= 0.6 is 38.2 Å². The normalized spacial score (nSPS) is 12.1. The number of aromatic nitrogens is 1. The zero-order valence-corrected chi connectivity index (χ0v) is 10.6. The van der Waals surface area contributed by atoms with Gasteiger partial charge in [-0.15, -0.1) is 0 Å². The molecule has 0 radical (unpaired) electrons. The van der Waals surface area contributed by atoms with Crippen molar-refractivity contribution >= 4 is 47.3 Å². The summed E-state index contributed by atoms with van der Waals surface area (Å²) in [5.74, 6) is 0. The second-order valence-corrected chi connectivity index (χ2v) is 6.11. The molecule has 1 aromatic heterocycles. The second-order valence-electron chi connectivity index (χ2n) is 2.38. The third-order valence-electron chi connectivity index (χ3n) is 1.39. The lowest BCUT2D eigenvalue weighted by molar-refractivity contribution is 0.146. The Morgan fingerprint density at radius 1 is 1.47 bits per heavy atom. The highest BCUT2D eigenvalue weighted by atomic mass is 79.9. The van der Waals surface area contributed by atoms with Gasteiger partial charge in [-0.05, 0) is 6.07 Å². The zero-order chi connectivity index (χ0) is 11.8. The molecule has 0 amide bonds. The maximum absolute atomic E-state index is 12.5. The van der Waals surface area contributed by atoms with E-state index >= 15 is 0 Å². The molecule has 0 unspecified atom stereocenters. The highest BCUT2D eigenvalue weighted by Gasteiger charge is 2.26. The Bertz CT molecular complexity index is 494. The fraction of sp³-hybridized carbons (Fsp3) is 0.167. The molecule has 0 aromatic carbocycles. The summed E-state index contributed by atoms with van der Waals surface area (Å²) in [6, 6.07) is 1.06. The average molecular weight is 341 g/mol.